The van der Waals surface area contributed by atoms with Crippen molar-refractivity contribution in [3.63, 3.8) is 0 Å². The van der Waals surface area contributed by atoms with Crippen LogP contribution >= 0.6 is 11.6 Å². The van der Waals surface area contributed by atoms with Gasteiger partial charge in [-0.3, -0.25) is 9.78 Å². The van der Waals surface area contributed by atoms with Crippen molar-refractivity contribution in [2.24, 2.45) is 0 Å². The first-order valence-corrected chi connectivity index (χ1v) is 12.1. The van der Waals surface area contributed by atoms with Gasteiger partial charge in [0.15, 0.2) is 5.43 Å². The topological polar surface area (TPSA) is 65.1 Å². The first kappa shape index (κ1) is 21.8. The lowest BCUT2D eigenvalue weighted by Crippen LogP contribution is -2.45. The van der Waals surface area contributed by atoms with Crippen LogP contribution in [0.5, 0.6) is 0 Å². The van der Waals surface area contributed by atoms with Gasteiger partial charge < -0.3 is 14.8 Å². The smallest absolute Gasteiger partial charge is 0.193 e. The Morgan fingerprint density at radius 2 is 1.71 bits per heavy atom. The minimum Gasteiger partial charge on any atom is -0.355 e. The van der Waals surface area contributed by atoms with Gasteiger partial charge in [0.2, 0.25) is 0 Å². The highest BCUT2D eigenvalue weighted by Gasteiger charge is 2.19. The molecule has 7 heteroatoms. The molecule has 6 rings (SSSR count). The summed E-state index contributed by atoms with van der Waals surface area (Å²) in [5, 5.41) is 2.06. The molecule has 0 spiro atoms. The van der Waals surface area contributed by atoms with Gasteiger partial charge in [0, 0.05) is 55.0 Å². The van der Waals surface area contributed by atoms with Crippen molar-refractivity contribution in [2.45, 2.75) is 0 Å². The zero-order valence-corrected chi connectivity index (χ0v) is 20.1. The Labute approximate surface area is 207 Å². The average molecular weight is 482 g/mol. The summed E-state index contributed by atoms with van der Waals surface area (Å²) in [5.41, 5.74) is 4.81. The van der Waals surface area contributed by atoms with E-state index in [1.165, 1.54) is 0 Å². The van der Waals surface area contributed by atoms with Crippen LogP contribution < -0.4 is 10.3 Å². The highest BCUT2D eigenvalue weighted by atomic mass is 35.5. The lowest BCUT2D eigenvalue weighted by Gasteiger charge is -2.33. The van der Waals surface area contributed by atoms with E-state index >= 15 is 0 Å². The van der Waals surface area contributed by atoms with Gasteiger partial charge in [0.05, 0.1) is 21.6 Å². The first-order valence-electron chi connectivity index (χ1n) is 11.7. The Hall–Kier alpha value is -3.74. The van der Waals surface area contributed by atoms with Gasteiger partial charge in [-0.25, -0.2) is 4.98 Å². The van der Waals surface area contributed by atoms with Crippen molar-refractivity contribution < 1.29 is 0 Å². The lowest BCUT2D eigenvalue weighted by molar-refractivity contribution is 0.312. The third-order valence-electron chi connectivity index (χ3n) is 6.66. The van der Waals surface area contributed by atoms with E-state index in [4.69, 9.17) is 16.6 Å². The summed E-state index contributed by atoms with van der Waals surface area (Å²) in [4.78, 5) is 30.7. The number of aromatic amines is 1. The number of halogens is 1. The number of hydrogen-bond donors (Lipinski definition) is 1. The van der Waals surface area contributed by atoms with Crippen LogP contribution in [0.15, 0.2) is 77.7 Å². The number of anilines is 1. The first-order chi connectivity index (χ1) is 17.1. The normalized spacial score (nSPS) is 14.6. The van der Waals surface area contributed by atoms with Crippen LogP contribution in [-0.2, 0) is 0 Å². The van der Waals surface area contributed by atoms with Gasteiger partial charge >= 0.3 is 0 Å². The van der Waals surface area contributed by atoms with E-state index in [1.807, 2.05) is 54.6 Å². The van der Waals surface area contributed by atoms with Crippen LogP contribution in [0.4, 0.5) is 5.82 Å². The highest BCUT2D eigenvalue weighted by Crippen LogP contribution is 2.36. The number of hydrogen-bond acceptors (Lipinski definition) is 5. The fourth-order valence-corrected chi connectivity index (χ4v) is 4.99. The summed E-state index contributed by atoms with van der Waals surface area (Å²) in [5.74, 6) is 0.815. The van der Waals surface area contributed by atoms with Crippen LogP contribution in [-0.4, -0.2) is 53.1 Å². The minimum atomic E-state index is -0.0467. The molecule has 0 saturated carbocycles. The number of pyridine rings is 3. The molecule has 35 heavy (non-hydrogen) atoms. The van der Waals surface area contributed by atoms with E-state index in [2.05, 4.69) is 32.9 Å². The van der Waals surface area contributed by atoms with Crippen LogP contribution in [0.1, 0.15) is 0 Å². The second kappa shape index (κ2) is 8.80. The van der Waals surface area contributed by atoms with E-state index < -0.39 is 0 Å². The molecular formula is C28H24ClN5O. The molecule has 1 fully saturated rings. The minimum absolute atomic E-state index is 0.0467. The van der Waals surface area contributed by atoms with Crippen molar-refractivity contribution in [3.8, 4) is 22.4 Å². The monoisotopic (exact) mass is 481 g/mol. The zero-order valence-electron chi connectivity index (χ0n) is 19.3. The molecule has 5 aromatic rings. The molecule has 4 heterocycles. The molecular weight excluding hydrogens is 458 g/mol. The van der Waals surface area contributed by atoms with E-state index in [0.29, 0.717) is 16.1 Å². The average Bonchev–Trinajstić information content (AvgIpc) is 2.89. The van der Waals surface area contributed by atoms with Crippen molar-refractivity contribution >= 4 is 39.4 Å². The van der Waals surface area contributed by atoms with Crippen LogP contribution in [0.25, 0.3) is 44.3 Å². The number of benzene rings is 2. The van der Waals surface area contributed by atoms with Gasteiger partial charge in [-0.2, -0.15) is 0 Å². The number of aromatic nitrogens is 3. The summed E-state index contributed by atoms with van der Waals surface area (Å²) >= 11 is 6.62. The predicted molar refractivity (Wildman–Crippen MR) is 143 cm³/mol. The standard InChI is InChI=1S/C28H24ClN5O/c1-33-10-12-34(13-11-33)25-17-24(35)22-16-21(20-14-19-8-5-9-30-27(19)23(29)15-20)26(32-28(22)31-25)18-6-3-2-4-7-18/h2-9,14-17H,10-13H2,1H3,(H,31,32,35). The molecule has 1 N–H and O–H groups in total. The summed E-state index contributed by atoms with van der Waals surface area (Å²) in [6.07, 6.45) is 1.73. The van der Waals surface area contributed by atoms with Crippen LogP contribution in [0, 0.1) is 0 Å². The van der Waals surface area contributed by atoms with E-state index in [1.54, 1.807) is 12.3 Å². The van der Waals surface area contributed by atoms with Crippen molar-refractivity contribution in [3.05, 3.63) is 88.2 Å². The number of likely N-dealkylation sites (N-methyl/N-ethyl adjacent to an activating group) is 1. The number of piperazine rings is 1. The maximum absolute atomic E-state index is 13.3. The maximum atomic E-state index is 13.3. The molecule has 0 aliphatic carbocycles. The van der Waals surface area contributed by atoms with Crippen LogP contribution in [0.3, 0.4) is 0 Å². The zero-order chi connectivity index (χ0) is 23.9. The lowest BCUT2D eigenvalue weighted by atomic mass is 9.97. The quantitative estimate of drug-likeness (QED) is 0.383. The Morgan fingerprint density at radius 1 is 0.914 bits per heavy atom. The fourth-order valence-electron chi connectivity index (χ4n) is 4.71. The maximum Gasteiger partial charge on any atom is 0.193 e. The highest BCUT2D eigenvalue weighted by molar-refractivity contribution is 6.35. The summed E-state index contributed by atoms with van der Waals surface area (Å²) in [6, 6.07) is 21.5. The number of nitrogens with zero attached hydrogens (tertiary/aromatic N) is 4. The van der Waals surface area contributed by atoms with Gasteiger partial charge in [-0.05, 0) is 36.9 Å². The van der Waals surface area contributed by atoms with Crippen molar-refractivity contribution in [2.75, 3.05) is 38.1 Å². The number of rotatable bonds is 3. The molecule has 1 saturated heterocycles. The summed E-state index contributed by atoms with van der Waals surface area (Å²) in [6.45, 7) is 3.65. The third-order valence-corrected chi connectivity index (χ3v) is 6.95. The molecule has 2 aromatic carbocycles. The molecule has 3 aromatic heterocycles. The van der Waals surface area contributed by atoms with Crippen LogP contribution in [0.2, 0.25) is 5.02 Å². The Bertz CT molecular complexity index is 1610. The third kappa shape index (κ3) is 4.05. The molecule has 0 radical (unpaired) electrons. The predicted octanol–water partition coefficient (Wildman–Crippen LogP) is 5.21. The van der Waals surface area contributed by atoms with E-state index in [-0.39, 0.29) is 5.43 Å². The van der Waals surface area contributed by atoms with Gasteiger partial charge in [0.1, 0.15) is 11.5 Å². The number of H-pyrrole nitrogens is 1. The Balaban J connectivity index is 1.57. The van der Waals surface area contributed by atoms with Crippen molar-refractivity contribution in [1.82, 2.24) is 19.9 Å². The number of fused-ring (bicyclic) bond motifs is 2. The Kier molecular flexibility index (Phi) is 5.47. The van der Waals surface area contributed by atoms with E-state index in [0.717, 1.165) is 65.3 Å². The molecule has 0 amide bonds. The summed E-state index contributed by atoms with van der Waals surface area (Å²) in [7, 11) is 2.12. The molecule has 174 valence electrons. The Morgan fingerprint density at radius 3 is 2.51 bits per heavy atom. The SMILES string of the molecule is CN1CCN(c2cc(=O)c3cc(-c4cc(Cl)c5ncccc5c4)c(-c4ccccc4)nc3[nH]2)CC1. The molecule has 1 aliphatic rings. The second-order valence-corrected chi connectivity index (χ2v) is 9.40. The molecule has 0 atom stereocenters. The van der Waals surface area contributed by atoms with E-state index in [9.17, 15) is 4.79 Å². The largest absolute Gasteiger partial charge is 0.355 e. The summed E-state index contributed by atoms with van der Waals surface area (Å²) < 4.78 is 0. The molecule has 0 bridgehead atoms. The number of nitrogens with one attached hydrogen (secondary N) is 1. The fraction of sp³-hybridized carbons (Fsp3) is 0.179. The molecule has 1 aliphatic heterocycles. The molecule has 6 nitrogen and oxygen atoms in total. The van der Waals surface area contributed by atoms with Gasteiger partial charge in [-0.1, -0.05) is 48.0 Å². The molecule has 0 unspecified atom stereocenters. The van der Waals surface area contributed by atoms with Crippen molar-refractivity contribution in [1.29, 1.82) is 0 Å². The van der Waals surface area contributed by atoms with Gasteiger partial charge in [-0.15, -0.1) is 0 Å². The van der Waals surface area contributed by atoms with Gasteiger partial charge in [0.25, 0.3) is 0 Å². The second-order valence-electron chi connectivity index (χ2n) is 8.99.